The van der Waals surface area contributed by atoms with E-state index in [1.54, 1.807) is 24.3 Å². The van der Waals surface area contributed by atoms with Gasteiger partial charge in [0.2, 0.25) is 10.0 Å². The molecule has 0 spiro atoms. The Labute approximate surface area is 128 Å². The molecule has 4 N–H and O–H groups in total. The molecule has 9 heteroatoms. The van der Waals surface area contributed by atoms with Gasteiger partial charge in [0.05, 0.1) is 12.8 Å². The van der Waals surface area contributed by atoms with Crippen molar-refractivity contribution in [1.82, 2.24) is 4.31 Å². The van der Waals surface area contributed by atoms with Gasteiger partial charge >= 0.3 is 5.97 Å². The van der Waals surface area contributed by atoms with Gasteiger partial charge in [-0.3, -0.25) is 10.2 Å². The van der Waals surface area contributed by atoms with Gasteiger partial charge in [0.25, 0.3) is 0 Å². The van der Waals surface area contributed by atoms with Crippen LogP contribution in [0.1, 0.15) is 12.0 Å². The van der Waals surface area contributed by atoms with Crippen molar-refractivity contribution >= 4 is 21.8 Å². The van der Waals surface area contributed by atoms with E-state index in [0.29, 0.717) is 11.3 Å². The summed E-state index contributed by atoms with van der Waals surface area (Å²) in [4.78, 5) is 11.2. The van der Waals surface area contributed by atoms with Gasteiger partial charge in [0.1, 0.15) is 23.7 Å². The molecule has 22 heavy (non-hydrogen) atoms. The van der Waals surface area contributed by atoms with Crippen LogP contribution in [0.15, 0.2) is 24.3 Å². The Bertz CT molecular complexity index is 703. The molecule has 2 unspecified atom stereocenters. The molecule has 1 fully saturated rings. The maximum absolute atomic E-state index is 11.7. The number of carbonyl (C=O) groups is 1. The van der Waals surface area contributed by atoms with Gasteiger partial charge < -0.3 is 15.6 Å². The van der Waals surface area contributed by atoms with Crippen molar-refractivity contribution in [3.63, 3.8) is 0 Å². The van der Waals surface area contributed by atoms with Crippen LogP contribution in [0.2, 0.25) is 0 Å². The first-order valence-corrected chi connectivity index (χ1v) is 8.34. The predicted molar refractivity (Wildman–Crippen MR) is 79.5 cm³/mol. The van der Waals surface area contributed by atoms with Crippen LogP contribution in [-0.4, -0.2) is 54.6 Å². The van der Waals surface area contributed by atoms with Crippen LogP contribution >= 0.6 is 0 Å². The molecule has 1 aliphatic heterocycles. The van der Waals surface area contributed by atoms with E-state index in [1.165, 1.54) is 0 Å². The maximum Gasteiger partial charge on any atom is 0.322 e. The summed E-state index contributed by atoms with van der Waals surface area (Å²) in [6.07, 6.45) is 0.465. The van der Waals surface area contributed by atoms with Crippen LogP contribution in [0, 0.1) is 5.41 Å². The minimum Gasteiger partial charge on any atom is -0.489 e. The molecule has 0 amide bonds. The number of nitrogens with two attached hydrogens (primary N) is 1. The number of nitrogen functional groups attached to an aromatic ring is 1. The first kappa shape index (κ1) is 16.2. The zero-order valence-electron chi connectivity index (χ0n) is 11.9. The Morgan fingerprint density at radius 3 is 2.68 bits per heavy atom. The van der Waals surface area contributed by atoms with Crippen LogP contribution in [0.25, 0.3) is 0 Å². The van der Waals surface area contributed by atoms with Gasteiger partial charge in [-0.1, -0.05) is 12.1 Å². The van der Waals surface area contributed by atoms with Crippen molar-refractivity contribution in [3.8, 4) is 5.75 Å². The molecular formula is C13H17N3O5S. The summed E-state index contributed by atoms with van der Waals surface area (Å²) in [5.41, 5.74) is 5.87. The summed E-state index contributed by atoms with van der Waals surface area (Å²) in [6.45, 7) is -0.0277. The lowest BCUT2D eigenvalue weighted by Crippen LogP contribution is -2.39. The minimum absolute atomic E-state index is 0.0277. The molecule has 1 heterocycles. The van der Waals surface area contributed by atoms with E-state index in [4.69, 9.17) is 21.0 Å². The molecule has 0 radical (unpaired) electrons. The standard InChI is InChI=1S/C13H17N3O5S/c1-22(19,20)16-7-10(6-11(16)13(17)18)21-9-4-2-3-8(5-9)12(14)15/h2-5,10-11H,6-7H2,1H3,(H3,14,15)(H,17,18). The van der Waals surface area contributed by atoms with Gasteiger partial charge in [0, 0.05) is 12.0 Å². The third-order valence-electron chi connectivity index (χ3n) is 3.38. The highest BCUT2D eigenvalue weighted by atomic mass is 32.2. The Kier molecular flexibility index (Phi) is 4.38. The SMILES string of the molecule is CS(=O)(=O)N1CC(Oc2cccc(C(=N)N)c2)CC1C(=O)O. The van der Waals surface area contributed by atoms with E-state index < -0.39 is 28.1 Å². The van der Waals surface area contributed by atoms with E-state index >= 15 is 0 Å². The van der Waals surface area contributed by atoms with Crippen molar-refractivity contribution in [3.05, 3.63) is 29.8 Å². The molecule has 120 valence electrons. The molecular weight excluding hydrogens is 310 g/mol. The Hall–Kier alpha value is -2.13. The summed E-state index contributed by atoms with van der Waals surface area (Å²) >= 11 is 0. The third-order valence-corrected chi connectivity index (χ3v) is 4.63. The van der Waals surface area contributed by atoms with Crippen LogP contribution in [0.3, 0.4) is 0 Å². The summed E-state index contributed by atoms with van der Waals surface area (Å²) in [5, 5.41) is 16.5. The molecule has 1 aromatic carbocycles. The number of aliphatic carboxylic acids is 1. The average molecular weight is 327 g/mol. The molecule has 2 atom stereocenters. The number of amidine groups is 1. The van der Waals surface area contributed by atoms with Crippen molar-refractivity contribution in [1.29, 1.82) is 5.41 Å². The first-order valence-electron chi connectivity index (χ1n) is 6.49. The number of benzene rings is 1. The lowest BCUT2D eigenvalue weighted by atomic mass is 10.2. The summed E-state index contributed by atoms with van der Waals surface area (Å²) in [5.74, 6) is -0.899. The quantitative estimate of drug-likeness (QED) is 0.508. The largest absolute Gasteiger partial charge is 0.489 e. The van der Waals surface area contributed by atoms with Crippen molar-refractivity contribution in [2.45, 2.75) is 18.6 Å². The number of rotatable bonds is 5. The molecule has 0 aromatic heterocycles. The molecule has 1 aromatic rings. The average Bonchev–Trinajstić information content (AvgIpc) is 2.83. The fourth-order valence-corrected chi connectivity index (χ4v) is 3.45. The highest BCUT2D eigenvalue weighted by Gasteiger charge is 2.42. The number of hydrogen-bond donors (Lipinski definition) is 3. The zero-order chi connectivity index (χ0) is 16.5. The summed E-state index contributed by atoms with van der Waals surface area (Å²) in [6, 6.07) is 5.37. The predicted octanol–water partition coefficient (Wildman–Crippen LogP) is -0.163. The van der Waals surface area contributed by atoms with Gasteiger partial charge in [-0.15, -0.1) is 0 Å². The van der Waals surface area contributed by atoms with E-state index in [2.05, 4.69) is 0 Å². The second kappa shape index (κ2) is 5.93. The lowest BCUT2D eigenvalue weighted by molar-refractivity contribution is -0.140. The van der Waals surface area contributed by atoms with Crippen molar-refractivity contribution < 1.29 is 23.1 Å². The molecule has 1 aliphatic rings. The van der Waals surface area contributed by atoms with Gasteiger partial charge in [-0.25, -0.2) is 8.42 Å². The van der Waals surface area contributed by atoms with Gasteiger partial charge in [-0.2, -0.15) is 4.31 Å². The number of hydrogen-bond acceptors (Lipinski definition) is 5. The summed E-state index contributed by atoms with van der Waals surface area (Å²) in [7, 11) is -3.63. The fourth-order valence-electron chi connectivity index (χ4n) is 2.37. The van der Waals surface area contributed by atoms with E-state index in [0.717, 1.165) is 10.6 Å². The van der Waals surface area contributed by atoms with Gasteiger partial charge in [-0.05, 0) is 12.1 Å². The highest BCUT2D eigenvalue weighted by molar-refractivity contribution is 7.88. The van der Waals surface area contributed by atoms with Crippen LogP contribution in [0.5, 0.6) is 5.75 Å². The van der Waals surface area contributed by atoms with Crippen molar-refractivity contribution in [2.24, 2.45) is 5.73 Å². The molecule has 0 aliphatic carbocycles. The maximum atomic E-state index is 11.7. The Morgan fingerprint density at radius 1 is 1.50 bits per heavy atom. The second-order valence-corrected chi connectivity index (χ2v) is 7.04. The van der Waals surface area contributed by atoms with Gasteiger partial charge in [0.15, 0.2) is 0 Å². The van der Waals surface area contributed by atoms with Crippen LogP contribution in [0.4, 0.5) is 0 Å². The van der Waals surface area contributed by atoms with Crippen LogP contribution < -0.4 is 10.5 Å². The molecule has 2 rings (SSSR count). The van der Waals surface area contributed by atoms with Crippen LogP contribution in [-0.2, 0) is 14.8 Å². The number of carboxylic acid groups (broad SMARTS) is 1. The van der Waals surface area contributed by atoms with E-state index in [1.807, 2.05) is 0 Å². The number of carboxylic acids is 1. The molecule has 0 saturated carbocycles. The number of nitrogens with zero attached hydrogens (tertiary/aromatic N) is 1. The first-order chi connectivity index (χ1) is 10.2. The monoisotopic (exact) mass is 327 g/mol. The minimum atomic E-state index is -3.63. The normalized spacial score (nSPS) is 22.4. The molecule has 0 bridgehead atoms. The van der Waals surface area contributed by atoms with E-state index in [9.17, 15) is 13.2 Å². The third kappa shape index (κ3) is 3.55. The second-order valence-electron chi connectivity index (χ2n) is 5.10. The highest BCUT2D eigenvalue weighted by Crippen LogP contribution is 2.25. The number of nitrogens with one attached hydrogen (secondary N) is 1. The topological polar surface area (TPSA) is 134 Å². The fraction of sp³-hybridized carbons (Fsp3) is 0.385. The smallest absolute Gasteiger partial charge is 0.322 e. The van der Waals surface area contributed by atoms with Crippen molar-refractivity contribution in [2.75, 3.05) is 12.8 Å². The van der Waals surface area contributed by atoms with E-state index in [-0.39, 0.29) is 18.8 Å². The Morgan fingerprint density at radius 2 is 2.18 bits per heavy atom. The molecule has 8 nitrogen and oxygen atoms in total. The molecule has 1 saturated heterocycles. The summed E-state index contributed by atoms with van der Waals surface area (Å²) < 4.78 is 29.9. The number of sulfonamides is 1. The lowest BCUT2D eigenvalue weighted by Gasteiger charge is -2.17. The number of ether oxygens (including phenoxy) is 1. The Balaban J connectivity index is 2.16. The zero-order valence-corrected chi connectivity index (χ0v) is 12.7.